The van der Waals surface area contributed by atoms with Crippen LogP contribution in [0.15, 0.2) is 28.8 Å². The number of carbonyl (C=O) groups excluding carboxylic acids is 1. The average molecular weight is 246 g/mol. The summed E-state index contributed by atoms with van der Waals surface area (Å²) in [6.07, 6.45) is 0. The second-order valence-electron chi connectivity index (χ2n) is 4.09. The highest BCUT2D eigenvalue weighted by molar-refractivity contribution is 5.78. The number of hydrogen-bond donors (Lipinski definition) is 1. The second kappa shape index (κ2) is 4.87. The molecule has 0 atom stereocenters. The molecule has 2 rings (SSSR count). The van der Waals surface area contributed by atoms with Crippen molar-refractivity contribution < 1.29 is 9.32 Å². The lowest BCUT2D eigenvalue weighted by atomic mass is 10.1. The molecular weight excluding hydrogens is 232 g/mol. The summed E-state index contributed by atoms with van der Waals surface area (Å²) in [7, 11) is 1.66. The molecular formula is C12H14N4O2. The Balaban J connectivity index is 2.19. The van der Waals surface area contributed by atoms with E-state index in [1.165, 1.54) is 4.90 Å². The Hall–Kier alpha value is -2.37. The standard InChI is InChI=1S/C12H14N4O2/c1-8-3-5-9(6-4-8)11-14-12(18-15-11)16(2)7-10(13)17/h3-6H,7H2,1-2H3,(H2,13,17). The zero-order valence-electron chi connectivity index (χ0n) is 10.3. The van der Waals surface area contributed by atoms with E-state index in [9.17, 15) is 4.79 Å². The van der Waals surface area contributed by atoms with Gasteiger partial charge in [0, 0.05) is 12.6 Å². The topological polar surface area (TPSA) is 85.3 Å². The van der Waals surface area contributed by atoms with Crippen LogP contribution in [0, 0.1) is 6.92 Å². The van der Waals surface area contributed by atoms with Crippen molar-refractivity contribution in [1.29, 1.82) is 0 Å². The Morgan fingerprint density at radius 2 is 2.06 bits per heavy atom. The highest BCUT2D eigenvalue weighted by Crippen LogP contribution is 2.19. The van der Waals surface area contributed by atoms with Crippen molar-refractivity contribution in [3.8, 4) is 11.4 Å². The van der Waals surface area contributed by atoms with Crippen molar-refractivity contribution in [2.24, 2.45) is 5.73 Å². The third-order valence-electron chi connectivity index (χ3n) is 2.44. The third kappa shape index (κ3) is 2.65. The zero-order valence-corrected chi connectivity index (χ0v) is 10.3. The Bertz CT molecular complexity index is 547. The molecule has 0 spiro atoms. The normalized spacial score (nSPS) is 10.3. The van der Waals surface area contributed by atoms with E-state index in [2.05, 4.69) is 10.1 Å². The maximum Gasteiger partial charge on any atom is 0.324 e. The van der Waals surface area contributed by atoms with E-state index >= 15 is 0 Å². The molecule has 94 valence electrons. The van der Waals surface area contributed by atoms with Crippen LogP contribution in [0.2, 0.25) is 0 Å². The summed E-state index contributed by atoms with van der Waals surface area (Å²) in [5.74, 6) is 0.0360. The predicted molar refractivity (Wildman–Crippen MR) is 66.9 cm³/mol. The number of rotatable bonds is 4. The van der Waals surface area contributed by atoms with Crippen LogP contribution in [0.1, 0.15) is 5.56 Å². The van der Waals surface area contributed by atoms with E-state index in [-0.39, 0.29) is 12.6 Å². The van der Waals surface area contributed by atoms with Gasteiger partial charge < -0.3 is 15.2 Å². The number of nitrogens with zero attached hydrogens (tertiary/aromatic N) is 3. The molecule has 2 aromatic rings. The molecule has 1 aromatic carbocycles. The van der Waals surface area contributed by atoms with Gasteiger partial charge in [0.05, 0.1) is 0 Å². The van der Waals surface area contributed by atoms with Crippen LogP contribution in [-0.4, -0.2) is 29.6 Å². The van der Waals surface area contributed by atoms with Gasteiger partial charge in [-0.2, -0.15) is 4.98 Å². The van der Waals surface area contributed by atoms with E-state index in [1.54, 1.807) is 7.05 Å². The van der Waals surface area contributed by atoms with Crippen LogP contribution < -0.4 is 10.6 Å². The summed E-state index contributed by atoms with van der Waals surface area (Å²) in [6, 6.07) is 8.04. The Labute approximate surface area is 104 Å². The number of anilines is 1. The predicted octanol–water partition coefficient (Wildman–Crippen LogP) is 0.967. The SMILES string of the molecule is Cc1ccc(-c2noc(N(C)CC(N)=O)n2)cc1. The minimum Gasteiger partial charge on any atom is -0.368 e. The fraction of sp³-hybridized carbons (Fsp3) is 0.250. The van der Waals surface area contributed by atoms with Gasteiger partial charge in [-0.1, -0.05) is 35.0 Å². The maximum absolute atomic E-state index is 10.8. The van der Waals surface area contributed by atoms with E-state index in [4.69, 9.17) is 10.3 Å². The molecule has 0 aliphatic carbocycles. The summed E-state index contributed by atoms with van der Waals surface area (Å²) in [5.41, 5.74) is 7.12. The Kier molecular flexibility index (Phi) is 3.27. The molecule has 0 unspecified atom stereocenters. The van der Waals surface area contributed by atoms with Crippen molar-refractivity contribution in [2.45, 2.75) is 6.92 Å². The summed E-state index contributed by atoms with van der Waals surface area (Å²) in [4.78, 5) is 16.5. The first-order valence-corrected chi connectivity index (χ1v) is 5.46. The highest BCUT2D eigenvalue weighted by atomic mass is 16.5. The number of amides is 1. The summed E-state index contributed by atoms with van der Waals surface area (Å²) >= 11 is 0. The summed E-state index contributed by atoms with van der Waals surface area (Å²) in [6.45, 7) is 2.04. The number of nitrogens with two attached hydrogens (primary N) is 1. The van der Waals surface area contributed by atoms with Gasteiger partial charge in [0.2, 0.25) is 11.7 Å². The number of primary amides is 1. The second-order valence-corrected chi connectivity index (χ2v) is 4.09. The Morgan fingerprint density at radius 1 is 1.39 bits per heavy atom. The van der Waals surface area contributed by atoms with Gasteiger partial charge in [-0.25, -0.2) is 0 Å². The Morgan fingerprint density at radius 3 is 2.67 bits per heavy atom. The van der Waals surface area contributed by atoms with Crippen molar-refractivity contribution >= 4 is 11.9 Å². The molecule has 0 aliphatic rings. The molecule has 1 aromatic heterocycles. The number of likely N-dealkylation sites (N-methyl/N-ethyl adjacent to an activating group) is 1. The molecule has 0 fully saturated rings. The van der Waals surface area contributed by atoms with Crippen LogP contribution in [0.5, 0.6) is 0 Å². The number of hydrogen-bond acceptors (Lipinski definition) is 5. The number of aryl methyl sites for hydroxylation is 1. The zero-order chi connectivity index (χ0) is 13.1. The van der Waals surface area contributed by atoms with Crippen LogP contribution in [0.3, 0.4) is 0 Å². The van der Waals surface area contributed by atoms with E-state index in [1.807, 2.05) is 31.2 Å². The third-order valence-corrected chi connectivity index (χ3v) is 2.44. The van der Waals surface area contributed by atoms with Gasteiger partial charge in [-0.3, -0.25) is 4.79 Å². The minimum absolute atomic E-state index is 0.0372. The fourth-order valence-corrected chi connectivity index (χ4v) is 1.49. The maximum atomic E-state index is 10.8. The molecule has 0 aliphatic heterocycles. The molecule has 0 radical (unpaired) electrons. The first-order chi connectivity index (χ1) is 8.56. The molecule has 0 bridgehead atoms. The lowest BCUT2D eigenvalue weighted by molar-refractivity contribution is -0.116. The molecule has 0 saturated heterocycles. The number of carbonyl (C=O) groups is 1. The summed E-state index contributed by atoms with van der Waals surface area (Å²) < 4.78 is 5.07. The monoisotopic (exact) mass is 246 g/mol. The number of benzene rings is 1. The van der Waals surface area contributed by atoms with E-state index in [0.29, 0.717) is 5.82 Å². The molecule has 6 heteroatoms. The van der Waals surface area contributed by atoms with E-state index < -0.39 is 5.91 Å². The molecule has 1 heterocycles. The van der Waals surface area contributed by atoms with Gasteiger partial charge >= 0.3 is 6.01 Å². The highest BCUT2D eigenvalue weighted by Gasteiger charge is 2.13. The molecule has 0 saturated carbocycles. The largest absolute Gasteiger partial charge is 0.368 e. The lowest BCUT2D eigenvalue weighted by Gasteiger charge is -2.09. The smallest absolute Gasteiger partial charge is 0.324 e. The molecule has 6 nitrogen and oxygen atoms in total. The molecule has 2 N–H and O–H groups in total. The van der Waals surface area contributed by atoms with Gasteiger partial charge in [0.25, 0.3) is 0 Å². The first kappa shape index (κ1) is 12.1. The van der Waals surface area contributed by atoms with Crippen molar-refractivity contribution in [3.05, 3.63) is 29.8 Å². The fourth-order valence-electron chi connectivity index (χ4n) is 1.49. The van der Waals surface area contributed by atoms with E-state index in [0.717, 1.165) is 11.1 Å². The van der Waals surface area contributed by atoms with Crippen molar-refractivity contribution in [1.82, 2.24) is 10.1 Å². The van der Waals surface area contributed by atoms with Crippen LogP contribution >= 0.6 is 0 Å². The van der Waals surface area contributed by atoms with Crippen molar-refractivity contribution in [2.75, 3.05) is 18.5 Å². The number of aromatic nitrogens is 2. The quantitative estimate of drug-likeness (QED) is 0.868. The van der Waals surface area contributed by atoms with Crippen LogP contribution in [0.4, 0.5) is 6.01 Å². The van der Waals surface area contributed by atoms with Crippen LogP contribution in [0.25, 0.3) is 11.4 Å². The molecule has 1 amide bonds. The summed E-state index contributed by atoms with van der Waals surface area (Å²) in [5, 5.41) is 3.86. The van der Waals surface area contributed by atoms with Crippen LogP contribution in [-0.2, 0) is 4.79 Å². The van der Waals surface area contributed by atoms with Gasteiger partial charge in [-0.15, -0.1) is 0 Å². The van der Waals surface area contributed by atoms with Gasteiger partial charge in [0.15, 0.2) is 0 Å². The minimum atomic E-state index is -0.451. The first-order valence-electron chi connectivity index (χ1n) is 5.46. The molecule has 18 heavy (non-hydrogen) atoms. The average Bonchev–Trinajstić information content (AvgIpc) is 2.78. The van der Waals surface area contributed by atoms with Gasteiger partial charge in [-0.05, 0) is 6.92 Å². The van der Waals surface area contributed by atoms with Crippen molar-refractivity contribution in [3.63, 3.8) is 0 Å². The van der Waals surface area contributed by atoms with Gasteiger partial charge in [0.1, 0.15) is 6.54 Å². The lowest BCUT2D eigenvalue weighted by Crippen LogP contribution is -2.30.